The molecule has 2 aromatic heterocycles. The van der Waals surface area contributed by atoms with Crippen molar-refractivity contribution in [2.75, 3.05) is 0 Å². The second-order valence-corrected chi connectivity index (χ2v) is 7.49. The molecule has 0 aliphatic rings. The Kier molecular flexibility index (Phi) is 5.05. The Morgan fingerprint density at radius 2 is 2.00 bits per heavy atom. The molecule has 2 heterocycles. The summed E-state index contributed by atoms with van der Waals surface area (Å²) < 4.78 is 6.25. The van der Waals surface area contributed by atoms with Crippen molar-refractivity contribution in [1.29, 1.82) is 0 Å². The van der Waals surface area contributed by atoms with Crippen molar-refractivity contribution in [2.24, 2.45) is 0 Å². The SMILES string of the molecule is Clc1cccc(-c2noc(CSc3n[nH]c(-c4ccccc4Br)n3)n2)c1. The van der Waals surface area contributed by atoms with Crippen LogP contribution in [0.4, 0.5) is 0 Å². The van der Waals surface area contributed by atoms with E-state index in [1.807, 2.05) is 36.4 Å². The number of hydrogen-bond donors (Lipinski definition) is 1. The maximum Gasteiger partial charge on any atom is 0.237 e. The minimum Gasteiger partial charge on any atom is -0.338 e. The molecule has 0 amide bonds. The highest BCUT2D eigenvalue weighted by atomic mass is 79.9. The van der Waals surface area contributed by atoms with Crippen LogP contribution in [-0.4, -0.2) is 25.3 Å². The molecule has 0 atom stereocenters. The number of hydrogen-bond acceptors (Lipinski definition) is 6. The Labute approximate surface area is 166 Å². The van der Waals surface area contributed by atoms with Gasteiger partial charge >= 0.3 is 0 Å². The number of aromatic amines is 1. The molecule has 4 rings (SSSR count). The van der Waals surface area contributed by atoms with E-state index in [0.717, 1.165) is 15.6 Å². The van der Waals surface area contributed by atoms with E-state index in [4.69, 9.17) is 16.1 Å². The van der Waals surface area contributed by atoms with Crippen molar-refractivity contribution >= 4 is 39.3 Å². The van der Waals surface area contributed by atoms with Crippen molar-refractivity contribution in [2.45, 2.75) is 10.9 Å². The van der Waals surface area contributed by atoms with E-state index in [0.29, 0.717) is 33.5 Å². The average molecular weight is 449 g/mol. The maximum absolute atomic E-state index is 5.99. The number of rotatable bonds is 5. The van der Waals surface area contributed by atoms with Crippen molar-refractivity contribution in [3.63, 3.8) is 0 Å². The summed E-state index contributed by atoms with van der Waals surface area (Å²) in [6.45, 7) is 0. The normalized spacial score (nSPS) is 11.0. The van der Waals surface area contributed by atoms with Gasteiger partial charge in [-0.15, -0.1) is 5.10 Å². The highest BCUT2D eigenvalue weighted by molar-refractivity contribution is 9.10. The summed E-state index contributed by atoms with van der Waals surface area (Å²) >= 11 is 10.9. The number of nitrogens with zero attached hydrogens (tertiary/aromatic N) is 4. The molecule has 4 aromatic rings. The number of benzene rings is 2. The second kappa shape index (κ2) is 7.61. The Bertz CT molecular complexity index is 1050. The predicted octanol–water partition coefficient (Wildman–Crippen LogP) is 5.23. The molecule has 130 valence electrons. The van der Waals surface area contributed by atoms with Gasteiger partial charge in [0, 0.05) is 20.6 Å². The third-order valence-corrected chi connectivity index (χ3v) is 5.23. The lowest BCUT2D eigenvalue weighted by Crippen LogP contribution is -1.84. The molecule has 0 bridgehead atoms. The first kappa shape index (κ1) is 17.3. The van der Waals surface area contributed by atoms with Crippen LogP contribution in [-0.2, 0) is 5.75 Å². The minimum atomic E-state index is 0.473. The van der Waals surface area contributed by atoms with E-state index >= 15 is 0 Å². The van der Waals surface area contributed by atoms with Crippen LogP contribution in [0.3, 0.4) is 0 Å². The third kappa shape index (κ3) is 3.82. The zero-order valence-electron chi connectivity index (χ0n) is 13.2. The first-order valence-corrected chi connectivity index (χ1v) is 9.73. The van der Waals surface area contributed by atoms with Gasteiger partial charge in [0.1, 0.15) is 0 Å². The standard InChI is InChI=1S/C17H11BrClN5OS/c18-13-7-2-1-6-12(13)16-21-17(23-22-16)26-9-14-20-15(24-25-14)10-4-3-5-11(19)8-10/h1-8H,9H2,(H,21,22,23). The van der Waals surface area contributed by atoms with E-state index in [2.05, 4.69) is 41.3 Å². The monoisotopic (exact) mass is 447 g/mol. The Morgan fingerprint density at radius 1 is 1.12 bits per heavy atom. The zero-order chi connectivity index (χ0) is 17.9. The van der Waals surface area contributed by atoms with E-state index in [9.17, 15) is 0 Å². The molecule has 9 heteroatoms. The van der Waals surface area contributed by atoms with Crippen molar-refractivity contribution < 1.29 is 4.52 Å². The van der Waals surface area contributed by atoms with Crippen LogP contribution in [0.15, 0.2) is 62.7 Å². The summed E-state index contributed by atoms with van der Waals surface area (Å²) in [6, 6.07) is 15.1. The number of thioether (sulfide) groups is 1. The lowest BCUT2D eigenvalue weighted by molar-refractivity contribution is 0.391. The summed E-state index contributed by atoms with van der Waals surface area (Å²) in [5, 5.41) is 12.4. The third-order valence-electron chi connectivity index (χ3n) is 3.47. The van der Waals surface area contributed by atoms with Gasteiger partial charge in [-0.25, -0.2) is 4.98 Å². The van der Waals surface area contributed by atoms with Crippen molar-refractivity contribution in [3.8, 4) is 22.8 Å². The fourth-order valence-electron chi connectivity index (χ4n) is 2.27. The quantitative estimate of drug-likeness (QED) is 0.421. The van der Waals surface area contributed by atoms with Gasteiger partial charge in [-0.3, -0.25) is 5.10 Å². The molecule has 0 fully saturated rings. The lowest BCUT2D eigenvalue weighted by atomic mass is 10.2. The van der Waals surface area contributed by atoms with Crippen molar-refractivity contribution in [3.05, 3.63) is 63.9 Å². The van der Waals surface area contributed by atoms with E-state index in [-0.39, 0.29) is 0 Å². The molecule has 0 spiro atoms. The molecule has 0 radical (unpaired) electrons. The van der Waals surface area contributed by atoms with Gasteiger partial charge in [0.2, 0.25) is 16.9 Å². The van der Waals surface area contributed by atoms with Gasteiger partial charge in [0.05, 0.1) is 5.75 Å². The summed E-state index contributed by atoms with van der Waals surface area (Å²) in [4.78, 5) is 8.88. The first-order chi connectivity index (χ1) is 12.7. The van der Waals surface area contributed by atoms with Crippen LogP contribution < -0.4 is 0 Å². The second-order valence-electron chi connectivity index (χ2n) is 5.26. The van der Waals surface area contributed by atoms with Gasteiger partial charge in [-0.1, -0.05) is 74.8 Å². The predicted molar refractivity (Wildman–Crippen MR) is 104 cm³/mol. The Hall–Kier alpha value is -2.16. The number of halogens is 2. The fraction of sp³-hybridized carbons (Fsp3) is 0.0588. The maximum atomic E-state index is 5.99. The molecule has 0 aliphatic heterocycles. The Balaban J connectivity index is 1.45. The fourth-order valence-corrected chi connectivity index (χ4v) is 3.57. The van der Waals surface area contributed by atoms with E-state index in [1.165, 1.54) is 11.8 Å². The number of aromatic nitrogens is 5. The van der Waals surface area contributed by atoms with Gasteiger partial charge < -0.3 is 4.52 Å². The first-order valence-electron chi connectivity index (χ1n) is 7.57. The number of H-pyrrole nitrogens is 1. The van der Waals surface area contributed by atoms with Gasteiger partial charge in [0.25, 0.3) is 0 Å². The van der Waals surface area contributed by atoms with Crippen LogP contribution in [0.2, 0.25) is 5.02 Å². The number of nitrogens with one attached hydrogen (secondary N) is 1. The summed E-state index contributed by atoms with van der Waals surface area (Å²) in [5.41, 5.74) is 1.76. The lowest BCUT2D eigenvalue weighted by Gasteiger charge is -1.97. The average Bonchev–Trinajstić information content (AvgIpc) is 3.30. The summed E-state index contributed by atoms with van der Waals surface area (Å²) in [7, 11) is 0. The van der Waals surface area contributed by atoms with E-state index in [1.54, 1.807) is 12.1 Å². The van der Waals surface area contributed by atoms with Crippen molar-refractivity contribution in [1.82, 2.24) is 25.3 Å². The highest BCUT2D eigenvalue weighted by Crippen LogP contribution is 2.27. The molecule has 0 saturated carbocycles. The molecular weight excluding hydrogens is 438 g/mol. The molecule has 0 unspecified atom stereocenters. The summed E-state index contributed by atoms with van der Waals surface area (Å²) in [6.07, 6.45) is 0. The Morgan fingerprint density at radius 3 is 2.85 bits per heavy atom. The molecule has 1 N–H and O–H groups in total. The highest BCUT2D eigenvalue weighted by Gasteiger charge is 2.12. The van der Waals surface area contributed by atoms with Gasteiger partial charge in [-0.2, -0.15) is 4.98 Å². The molecule has 26 heavy (non-hydrogen) atoms. The van der Waals surface area contributed by atoms with Gasteiger partial charge in [-0.05, 0) is 18.2 Å². The largest absolute Gasteiger partial charge is 0.338 e. The minimum absolute atomic E-state index is 0.473. The topological polar surface area (TPSA) is 80.5 Å². The zero-order valence-corrected chi connectivity index (χ0v) is 16.3. The van der Waals surface area contributed by atoms with Crippen LogP contribution in [0, 0.1) is 0 Å². The molecule has 0 saturated heterocycles. The van der Waals surface area contributed by atoms with Crippen LogP contribution >= 0.6 is 39.3 Å². The summed E-state index contributed by atoms with van der Waals surface area (Å²) in [5.74, 6) is 2.18. The molecule has 2 aromatic carbocycles. The molecule has 0 aliphatic carbocycles. The molecular formula is C17H11BrClN5OS. The van der Waals surface area contributed by atoms with E-state index < -0.39 is 0 Å². The molecule has 6 nitrogen and oxygen atoms in total. The smallest absolute Gasteiger partial charge is 0.237 e. The van der Waals surface area contributed by atoms with Crippen LogP contribution in [0.25, 0.3) is 22.8 Å². The van der Waals surface area contributed by atoms with Crippen LogP contribution in [0.1, 0.15) is 5.89 Å². The van der Waals surface area contributed by atoms with Gasteiger partial charge in [0.15, 0.2) is 5.82 Å². The van der Waals surface area contributed by atoms with Crippen LogP contribution in [0.5, 0.6) is 0 Å².